The second kappa shape index (κ2) is 7.84. The van der Waals surface area contributed by atoms with Gasteiger partial charge in [0, 0.05) is 11.1 Å². The fourth-order valence-electron chi connectivity index (χ4n) is 1.97. The van der Waals surface area contributed by atoms with Crippen LogP contribution in [-0.2, 0) is 0 Å². The van der Waals surface area contributed by atoms with Gasteiger partial charge >= 0.3 is 0 Å². The average molecular weight is 314 g/mol. The number of para-hydroxylation sites is 1. The highest BCUT2D eigenvalue weighted by molar-refractivity contribution is 5.85. The third-order valence-corrected chi connectivity index (χ3v) is 3.09. The smallest absolute Gasteiger partial charge is 0.203 e. The summed E-state index contributed by atoms with van der Waals surface area (Å²) in [5, 5.41) is 17.5. The molecule has 0 spiro atoms. The molecule has 2 rings (SSSR count). The Morgan fingerprint density at radius 2 is 1.48 bits per heavy atom. The molecule has 6 nitrogen and oxygen atoms in total. The molecule has 0 saturated heterocycles. The topological polar surface area (TPSA) is 72.6 Å². The lowest BCUT2D eigenvalue weighted by Gasteiger charge is -2.12. The Kier molecular flexibility index (Phi) is 5.57. The van der Waals surface area contributed by atoms with Crippen molar-refractivity contribution in [2.24, 2.45) is 10.2 Å². The molecule has 2 aromatic carbocycles. The molecule has 0 fully saturated rings. The first kappa shape index (κ1) is 16.4. The van der Waals surface area contributed by atoms with Gasteiger partial charge in [0.2, 0.25) is 5.75 Å². The van der Waals surface area contributed by atoms with Crippen LogP contribution in [0.3, 0.4) is 0 Å². The van der Waals surface area contributed by atoms with E-state index in [1.54, 1.807) is 57.9 Å². The summed E-state index contributed by atoms with van der Waals surface area (Å²) in [5.74, 6) is 1.75. The van der Waals surface area contributed by atoms with E-state index in [0.29, 0.717) is 22.8 Å². The number of rotatable bonds is 6. The van der Waals surface area contributed by atoms with Gasteiger partial charge in [0.15, 0.2) is 11.5 Å². The van der Waals surface area contributed by atoms with Crippen molar-refractivity contribution in [2.75, 3.05) is 21.3 Å². The Bertz CT molecular complexity index is 701. The van der Waals surface area contributed by atoms with Crippen molar-refractivity contribution in [3.63, 3.8) is 0 Å². The van der Waals surface area contributed by atoms with E-state index in [-0.39, 0.29) is 5.75 Å². The summed E-state index contributed by atoms with van der Waals surface area (Å²) in [4.78, 5) is 0. The molecule has 23 heavy (non-hydrogen) atoms. The maximum absolute atomic E-state index is 9.63. The van der Waals surface area contributed by atoms with E-state index in [1.165, 1.54) is 6.21 Å². The average Bonchev–Trinajstić information content (AvgIpc) is 2.59. The minimum Gasteiger partial charge on any atom is -0.507 e. The predicted octanol–water partition coefficient (Wildman–Crippen LogP) is 2.87. The molecule has 0 aliphatic carbocycles. The van der Waals surface area contributed by atoms with Crippen LogP contribution >= 0.6 is 0 Å². The summed E-state index contributed by atoms with van der Waals surface area (Å²) in [5.41, 5.74) is 1.34. The lowest BCUT2D eigenvalue weighted by molar-refractivity contribution is 0.324. The molecule has 0 amide bonds. The molecule has 0 aliphatic rings. The quantitative estimate of drug-likeness (QED) is 0.657. The van der Waals surface area contributed by atoms with Crippen molar-refractivity contribution < 1.29 is 19.3 Å². The third kappa shape index (κ3) is 4.00. The largest absolute Gasteiger partial charge is 0.507 e. The van der Waals surface area contributed by atoms with E-state index in [9.17, 15) is 5.11 Å². The summed E-state index contributed by atoms with van der Waals surface area (Å²) in [6, 6.07) is 10.4. The van der Waals surface area contributed by atoms with Crippen molar-refractivity contribution in [2.45, 2.75) is 0 Å². The van der Waals surface area contributed by atoms with Gasteiger partial charge in [-0.15, -0.1) is 0 Å². The van der Waals surface area contributed by atoms with Gasteiger partial charge in [0.25, 0.3) is 0 Å². The minimum atomic E-state index is 0.152. The van der Waals surface area contributed by atoms with Gasteiger partial charge in [-0.1, -0.05) is 12.1 Å². The Labute approximate surface area is 134 Å². The molecular formula is C17H18N2O4. The van der Waals surface area contributed by atoms with E-state index in [2.05, 4.69) is 10.2 Å². The standard InChI is InChI=1S/C17H18N2O4/c1-21-15-8-12(9-16(22-2)17(15)23-3)10-18-19-11-13-6-4-5-7-14(13)20/h4-11,20H,1-3H3. The van der Waals surface area contributed by atoms with E-state index < -0.39 is 0 Å². The summed E-state index contributed by atoms with van der Waals surface area (Å²) < 4.78 is 15.8. The van der Waals surface area contributed by atoms with Gasteiger partial charge in [0.1, 0.15) is 5.75 Å². The number of benzene rings is 2. The maximum Gasteiger partial charge on any atom is 0.203 e. The highest BCUT2D eigenvalue weighted by Gasteiger charge is 2.12. The number of phenolic OH excluding ortho intramolecular Hbond substituents is 1. The van der Waals surface area contributed by atoms with E-state index in [0.717, 1.165) is 5.56 Å². The molecule has 2 aromatic rings. The number of nitrogens with zero attached hydrogens (tertiary/aromatic N) is 2. The maximum atomic E-state index is 9.63. The van der Waals surface area contributed by atoms with Crippen molar-refractivity contribution in [1.29, 1.82) is 0 Å². The summed E-state index contributed by atoms with van der Waals surface area (Å²) in [6.45, 7) is 0. The lowest BCUT2D eigenvalue weighted by Crippen LogP contribution is -1.96. The molecule has 0 aromatic heterocycles. The van der Waals surface area contributed by atoms with Crippen molar-refractivity contribution in [3.05, 3.63) is 47.5 Å². The Morgan fingerprint density at radius 1 is 0.870 bits per heavy atom. The first-order valence-corrected chi connectivity index (χ1v) is 6.84. The van der Waals surface area contributed by atoms with Crippen molar-refractivity contribution >= 4 is 12.4 Å². The zero-order chi connectivity index (χ0) is 16.7. The van der Waals surface area contributed by atoms with Crippen LogP contribution in [0.15, 0.2) is 46.6 Å². The molecule has 0 saturated carbocycles. The zero-order valence-corrected chi connectivity index (χ0v) is 13.2. The first-order valence-electron chi connectivity index (χ1n) is 6.84. The normalized spacial score (nSPS) is 11.1. The highest BCUT2D eigenvalue weighted by atomic mass is 16.5. The molecule has 0 unspecified atom stereocenters. The number of methoxy groups -OCH3 is 3. The predicted molar refractivity (Wildman–Crippen MR) is 89.4 cm³/mol. The van der Waals surface area contributed by atoms with Gasteiger partial charge in [-0.2, -0.15) is 10.2 Å². The second-order valence-corrected chi connectivity index (χ2v) is 4.51. The number of hydrogen-bond acceptors (Lipinski definition) is 6. The molecule has 1 N–H and O–H groups in total. The van der Waals surface area contributed by atoms with Crippen LogP contribution in [0.1, 0.15) is 11.1 Å². The van der Waals surface area contributed by atoms with Gasteiger partial charge in [0.05, 0.1) is 33.8 Å². The summed E-state index contributed by atoms with van der Waals surface area (Å²) >= 11 is 0. The Morgan fingerprint density at radius 3 is 2.04 bits per heavy atom. The number of hydrogen-bond donors (Lipinski definition) is 1. The van der Waals surface area contributed by atoms with Gasteiger partial charge < -0.3 is 19.3 Å². The Hall–Kier alpha value is -3.02. The zero-order valence-electron chi connectivity index (χ0n) is 13.2. The van der Waals surface area contributed by atoms with E-state index in [1.807, 2.05) is 6.07 Å². The molecule has 0 aliphatic heterocycles. The summed E-state index contributed by atoms with van der Waals surface area (Å²) in [7, 11) is 4.65. The SMILES string of the molecule is COc1cc(C=NN=Cc2ccccc2O)cc(OC)c1OC. The number of ether oxygens (including phenoxy) is 3. The number of aromatic hydroxyl groups is 1. The van der Waals surface area contributed by atoms with Crippen LogP contribution in [0.5, 0.6) is 23.0 Å². The van der Waals surface area contributed by atoms with Crippen LogP contribution in [0.2, 0.25) is 0 Å². The fraction of sp³-hybridized carbons (Fsp3) is 0.176. The van der Waals surface area contributed by atoms with Crippen LogP contribution in [0.25, 0.3) is 0 Å². The van der Waals surface area contributed by atoms with Crippen LogP contribution < -0.4 is 14.2 Å². The van der Waals surface area contributed by atoms with Crippen molar-refractivity contribution in [1.82, 2.24) is 0 Å². The third-order valence-electron chi connectivity index (χ3n) is 3.09. The second-order valence-electron chi connectivity index (χ2n) is 4.51. The molecule has 120 valence electrons. The van der Waals surface area contributed by atoms with Crippen LogP contribution in [0.4, 0.5) is 0 Å². The van der Waals surface area contributed by atoms with Gasteiger partial charge in [-0.05, 0) is 24.3 Å². The van der Waals surface area contributed by atoms with Crippen LogP contribution in [-0.4, -0.2) is 38.9 Å². The van der Waals surface area contributed by atoms with E-state index >= 15 is 0 Å². The molecule has 6 heteroatoms. The molecule has 0 atom stereocenters. The molecular weight excluding hydrogens is 296 g/mol. The fourth-order valence-corrected chi connectivity index (χ4v) is 1.97. The molecule has 0 bridgehead atoms. The molecule has 0 radical (unpaired) electrons. The summed E-state index contributed by atoms with van der Waals surface area (Å²) in [6.07, 6.45) is 3.03. The molecule has 0 heterocycles. The lowest BCUT2D eigenvalue weighted by atomic mass is 10.2. The Balaban J connectivity index is 2.21. The first-order chi connectivity index (χ1) is 11.2. The monoisotopic (exact) mass is 314 g/mol. The minimum absolute atomic E-state index is 0.152. The van der Waals surface area contributed by atoms with Crippen LogP contribution in [0, 0.1) is 0 Å². The van der Waals surface area contributed by atoms with Gasteiger partial charge in [-0.25, -0.2) is 0 Å². The van der Waals surface area contributed by atoms with E-state index in [4.69, 9.17) is 14.2 Å². The van der Waals surface area contributed by atoms with Gasteiger partial charge in [-0.3, -0.25) is 0 Å². The number of phenols is 1. The highest BCUT2D eigenvalue weighted by Crippen LogP contribution is 2.37. The van der Waals surface area contributed by atoms with Crippen molar-refractivity contribution in [3.8, 4) is 23.0 Å².